The van der Waals surface area contributed by atoms with Gasteiger partial charge < -0.3 is 11.1 Å². The van der Waals surface area contributed by atoms with Gasteiger partial charge in [0.2, 0.25) is 0 Å². The minimum atomic E-state index is -0.197. The average molecular weight is 351 g/mol. The number of aromatic nitrogens is 1. The van der Waals surface area contributed by atoms with Gasteiger partial charge in [-0.2, -0.15) is 0 Å². The second kappa shape index (κ2) is 6.69. The van der Waals surface area contributed by atoms with Crippen LogP contribution in [0.5, 0.6) is 0 Å². The molecule has 25 heavy (non-hydrogen) atoms. The molecule has 1 aromatic carbocycles. The Balaban J connectivity index is 2.07. The highest BCUT2D eigenvalue weighted by molar-refractivity contribution is 7.21. The Kier molecular flexibility index (Phi) is 4.59. The van der Waals surface area contributed by atoms with E-state index in [4.69, 9.17) is 5.73 Å². The number of rotatable bonds is 4. The Labute approximate surface area is 151 Å². The number of allylic oxidation sites excluding steroid dienone is 1. The van der Waals surface area contributed by atoms with Crippen molar-refractivity contribution in [1.29, 1.82) is 0 Å². The third kappa shape index (κ3) is 3.03. The monoisotopic (exact) mass is 351 g/mol. The molecule has 3 rings (SSSR count). The Morgan fingerprint density at radius 2 is 2.04 bits per heavy atom. The van der Waals surface area contributed by atoms with Gasteiger partial charge in [0.1, 0.15) is 9.71 Å². The van der Waals surface area contributed by atoms with Gasteiger partial charge in [-0.1, -0.05) is 24.3 Å². The number of hydrogen-bond donors (Lipinski definition) is 2. The molecule has 0 saturated carbocycles. The number of amides is 1. The topological polar surface area (TPSA) is 68.0 Å². The van der Waals surface area contributed by atoms with Crippen LogP contribution >= 0.6 is 11.3 Å². The largest absolute Gasteiger partial charge is 0.397 e. The molecule has 1 amide bonds. The maximum absolute atomic E-state index is 12.7. The molecule has 0 atom stereocenters. The number of nitrogens with one attached hydrogen (secondary N) is 1. The second-order valence-electron chi connectivity index (χ2n) is 6.09. The summed E-state index contributed by atoms with van der Waals surface area (Å²) < 4.78 is 0. The Bertz CT molecular complexity index is 988. The van der Waals surface area contributed by atoms with E-state index in [0.717, 1.165) is 44.7 Å². The fourth-order valence-corrected chi connectivity index (χ4v) is 4.12. The van der Waals surface area contributed by atoms with Gasteiger partial charge >= 0.3 is 0 Å². The van der Waals surface area contributed by atoms with Crippen LogP contribution in [0.3, 0.4) is 0 Å². The lowest BCUT2D eigenvalue weighted by Crippen LogP contribution is -2.12. The summed E-state index contributed by atoms with van der Waals surface area (Å²) in [5.74, 6) is -0.197. The summed E-state index contributed by atoms with van der Waals surface area (Å²) in [5.41, 5.74) is 11.8. The van der Waals surface area contributed by atoms with E-state index in [1.165, 1.54) is 11.3 Å². The number of carbonyl (C=O) groups excluding carboxylic acids is 1. The van der Waals surface area contributed by atoms with Crippen LogP contribution in [0, 0.1) is 20.8 Å². The van der Waals surface area contributed by atoms with Gasteiger partial charge in [0.05, 0.1) is 5.69 Å². The van der Waals surface area contributed by atoms with Gasteiger partial charge in [0, 0.05) is 16.8 Å². The molecule has 0 bridgehead atoms. The third-order valence-corrected chi connectivity index (χ3v) is 5.51. The maximum atomic E-state index is 12.7. The van der Waals surface area contributed by atoms with Gasteiger partial charge in [0.25, 0.3) is 5.91 Å². The molecule has 0 aliphatic heterocycles. The first-order valence-corrected chi connectivity index (χ1v) is 8.91. The molecular formula is C20H21N3OS. The highest BCUT2D eigenvalue weighted by atomic mass is 32.1. The van der Waals surface area contributed by atoms with E-state index < -0.39 is 0 Å². The van der Waals surface area contributed by atoms with Gasteiger partial charge in [-0.15, -0.1) is 17.9 Å². The molecule has 3 N–H and O–H groups in total. The van der Waals surface area contributed by atoms with E-state index in [9.17, 15) is 4.79 Å². The van der Waals surface area contributed by atoms with E-state index in [2.05, 4.69) is 16.9 Å². The summed E-state index contributed by atoms with van der Waals surface area (Å²) in [5, 5.41) is 3.83. The molecule has 0 radical (unpaired) electrons. The molecule has 0 aliphatic rings. The van der Waals surface area contributed by atoms with Crippen LogP contribution in [-0.2, 0) is 6.42 Å². The third-order valence-electron chi connectivity index (χ3n) is 4.41. The van der Waals surface area contributed by atoms with Crippen molar-refractivity contribution >= 4 is 38.8 Å². The number of pyridine rings is 1. The number of nitrogen functional groups attached to an aromatic ring is 1. The first-order chi connectivity index (χ1) is 11.9. The minimum absolute atomic E-state index is 0.197. The highest BCUT2D eigenvalue weighted by Crippen LogP contribution is 2.37. The van der Waals surface area contributed by atoms with E-state index in [0.29, 0.717) is 10.6 Å². The number of nitrogens with two attached hydrogens (primary N) is 1. The van der Waals surface area contributed by atoms with Crippen LogP contribution < -0.4 is 11.1 Å². The summed E-state index contributed by atoms with van der Waals surface area (Å²) in [4.78, 5) is 18.7. The number of anilines is 2. The van der Waals surface area contributed by atoms with Crippen molar-refractivity contribution in [3.63, 3.8) is 0 Å². The molecule has 128 valence electrons. The molecule has 0 aliphatic carbocycles. The molecule has 2 heterocycles. The van der Waals surface area contributed by atoms with Crippen molar-refractivity contribution in [3.05, 3.63) is 64.2 Å². The lowest BCUT2D eigenvalue weighted by atomic mass is 10.0. The molecule has 0 saturated heterocycles. The van der Waals surface area contributed by atoms with Gasteiger partial charge in [-0.25, -0.2) is 4.98 Å². The van der Waals surface area contributed by atoms with Crippen LogP contribution in [0.1, 0.15) is 32.1 Å². The van der Waals surface area contributed by atoms with Crippen molar-refractivity contribution in [2.75, 3.05) is 11.1 Å². The highest BCUT2D eigenvalue weighted by Gasteiger charge is 2.21. The van der Waals surface area contributed by atoms with Crippen LogP contribution in [0.15, 0.2) is 36.9 Å². The number of benzene rings is 1. The predicted molar refractivity (Wildman–Crippen MR) is 107 cm³/mol. The Hall–Kier alpha value is -2.66. The lowest BCUT2D eigenvalue weighted by molar-refractivity contribution is 0.103. The summed E-state index contributed by atoms with van der Waals surface area (Å²) in [6.45, 7) is 9.78. The van der Waals surface area contributed by atoms with Crippen LogP contribution in [0.4, 0.5) is 11.4 Å². The first-order valence-electron chi connectivity index (χ1n) is 8.10. The molecule has 5 heteroatoms. The molecule has 0 spiro atoms. The van der Waals surface area contributed by atoms with Gasteiger partial charge in [-0.3, -0.25) is 4.79 Å². The van der Waals surface area contributed by atoms with E-state index >= 15 is 0 Å². The zero-order chi connectivity index (χ0) is 18.1. The normalized spacial score (nSPS) is 10.8. The molecular weight excluding hydrogens is 330 g/mol. The molecule has 0 fully saturated rings. The number of carbonyl (C=O) groups is 1. The zero-order valence-electron chi connectivity index (χ0n) is 14.6. The van der Waals surface area contributed by atoms with Crippen molar-refractivity contribution in [3.8, 4) is 0 Å². The summed E-state index contributed by atoms with van der Waals surface area (Å²) in [6, 6.07) is 7.68. The molecule has 2 aromatic heterocycles. The number of hydrogen-bond acceptors (Lipinski definition) is 4. The second-order valence-corrected chi connectivity index (χ2v) is 7.09. The van der Waals surface area contributed by atoms with Crippen molar-refractivity contribution in [2.24, 2.45) is 0 Å². The standard InChI is InChI=1S/C20H21N3OS/c1-5-8-14-12(3)16-17(21)18(25-20(16)22-13(14)4)19(24)23-15-10-7-6-9-11(15)2/h5-7,9-10H,1,8,21H2,2-4H3,(H,23,24). The van der Waals surface area contributed by atoms with Crippen LogP contribution in [-0.4, -0.2) is 10.9 Å². The SMILES string of the molecule is C=CCc1c(C)nc2sc(C(=O)Nc3ccccc3C)c(N)c2c1C. The van der Waals surface area contributed by atoms with E-state index in [-0.39, 0.29) is 5.91 Å². The first kappa shape index (κ1) is 17.2. The summed E-state index contributed by atoms with van der Waals surface area (Å²) in [6.07, 6.45) is 2.60. The fourth-order valence-electron chi connectivity index (χ4n) is 3.02. The number of nitrogens with zero attached hydrogens (tertiary/aromatic N) is 1. The van der Waals surface area contributed by atoms with Crippen molar-refractivity contribution in [2.45, 2.75) is 27.2 Å². The fraction of sp³-hybridized carbons (Fsp3) is 0.200. The molecule has 3 aromatic rings. The minimum Gasteiger partial charge on any atom is -0.397 e. The van der Waals surface area contributed by atoms with Gasteiger partial charge in [-0.05, 0) is 49.9 Å². The number of fused-ring (bicyclic) bond motifs is 1. The predicted octanol–water partition coefficient (Wildman–Crippen LogP) is 4.78. The van der Waals surface area contributed by atoms with E-state index in [1.54, 1.807) is 0 Å². The Morgan fingerprint density at radius 1 is 1.32 bits per heavy atom. The number of para-hydroxylation sites is 1. The summed E-state index contributed by atoms with van der Waals surface area (Å²) >= 11 is 1.34. The quantitative estimate of drug-likeness (QED) is 0.664. The van der Waals surface area contributed by atoms with Gasteiger partial charge in [0.15, 0.2) is 0 Å². The molecule has 4 nitrogen and oxygen atoms in total. The van der Waals surface area contributed by atoms with Crippen molar-refractivity contribution < 1.29 is 4.79 Å². The summed E-state index contributed by atoms with van der Waals surface area (Å²) in [7, 11) is 0. The molecule has 0 unspecified atom stereocenters. The zero-order valence-corrected chi connectivity index (χ0v) is 15.5. The maximum Gasteiger partial charge on any atom is 0.267 e. The number of aryl methyl sites for hydroxylation is 3. The smallest absolute Gasteiger partial charge is 0.267 e. The average Bonchev–Trinajstić information content (AvgIpc) is 2.90. The van der Waals surface area contributed by atoms with E-state index in [1.807, 2.05) is 51.1 Å². The van der Waals surface area contributed by atoms with Crippen LogP contribution in [0.2, 0.25) is 0 Å². The lowest BCUT2D eigenvalue weighted by Gasteiger charge is -2.09. The van der Waals surface area contributed by atoms with Crippen molar-refractivity contribution in [1.82, 2.24) is 4.98 Å². The number of thiophene rings is 1. The Morgan fingerprint density at radius 3 is 2.72 bits per heavy atom. The van der Waals surface area contributed by atoms with Crippen LogP contribution in [0.25, 0.3) is 10.2 Å².